The van der Waals surface area contributed by atoms with Crippen molar-refractivity contribution in [3.63, 3.8) is 0 Å². The van der Waals surface area contributed by atoms with E-state index in [0.717, 1.165) is 28.3 Å². The lowest BCUT2D eigenvalue weighted by Crippen LogP contribution is -2.01. The Balaban J connectivity index is 2.15. The van der Waals surface area contributed by atoms with E-state index < -0.39 is 0 Å². The van der Waals surface area contributed by atoms with Crippen LogP contribution in [0.5, 0.6) is 0 Å². The SMILES string of the molecule is Cc1cc(-c2nn(-c3ccccc3)c(N)c2C)co1. The molecule has 0 aliphatic rings. The van der Waals surface area contributed by atoms with Gasteiger partial charge in [-0.05, 0) is 32.0 Å². The lowest BCUT2D eigenvalue weighted by atomic mass is 10.1. The summed E-state index contributed by atoms with van der Waals surface area (Å²) in [6, 6.07) is 11.8. The summed E-state index contributed by atoms with van der Waals surface area (Å²) in [5, 5.41) is 4.59. The second kappa shape index (κ2) is 4.31. The molecule has 2 heterocycles. The molecule has 4 heteroatoms. The van der Waals surface area contributed by atoms with Gasteiger partial charge in [-0.1, -0.05) is 18.2 Å². The van der Waals surface area contributed by atoms with Gasteiger partial charge < -0.3 is 10.2 Å². The molecule has 1 aromatic carbocycles. The molecule has 0 spiro atoms. The molecule has 19 heavy (non-hydrogen) atoms. The van der Waals surface area contributed by atoms with Crippen molar-refractivity contribution in [1.82, 2.24) is 9.78 Å². The molecule has 0 aliphatic carbocycles. The van der Waals surface area contributed by atoms with E-state index >= 15 is 0 Å². The van der Waals surface area contributed by atoms with Crippen LogP contribution in [0.2, 0.25) is 0 Å². The maximum absolute atomic E-state index is 6.15. The van der Waals surface area contributed by atoms with E-state index in [0.29, 0.717) is 5.82 Å². The maximum atomic E-state index is 6.15. The summed E-state index contributed by atoms with van der Waals surface area (Å²) in [5.41, 5.74) is 9.88. The van der Waals surface area contributed by atoms with E-state index in [9.17, 15) is 0 Å². The number of nitrogens with two attached hydrogens (primary N) is 1. The van der Waals surface area contributed by atoms with E-state index in [1.54, 1.807) is 10.9 Å². The van der Waals surface area contributed by atoms with Gasteiger partial charge in [0.25, 0.3) is 0 Å². The van der Waals surface area contributed by atoms with Crippen molar-refractivity contribution in [3.05, 3.63) is 54.0 Å². The lowest BCUT2D eigenvalue weighted by molar-refractivity contribution is 0.535. The van der Waals surface area contributed by atoms with Gasteiger partial charge in [-0.3, -0.25) is 0 Å². The second-order valence-electron chi connectivity index (χ2n) is 4.55. The van der Waals surface area contributed by atoms with Gasteiger partial charge >= 0.3 is 0 Å². The van der Waals surface area contributed by atoms with Crippen LogP contribution in [0.1, 0.15) is 11.3 Å². The molecule has 0 radical (unpaired) electrons. The average molecular weight is 253 g/mol. The Morgan fingerprint density at radius 2 is 1.89 bits per heavy atom. The third-order valence-electron chi connectivity index (χ3n) is 3.17. The van der Waals surface area contributed by atoms with Crippen molar-refractivity contribution in [2.24, 2.45) is 0 Å². The number of aromatic nitrogens is 2. The Morgan fingerprint density at radius 3 is 2.53 bits per heavy atom. The summed E-state index contributed by atoms with van der Waals surface area (Å²) in [7, 11) is 0. The first-order valence-electron chi connectivity index (χ1n) is 6.13. The van der Waals surface area contributed by atoms with E-state index in [2.05, 4.69) is 5.10 Å². The summed E-state index contributed by atoms with van der Waals surface area (Å²) in [5.74, 6) is 1.52. The number of hydrogen-bond acceptors (Lipinski definition) is 3. The number of benzene rings is 1. The third kappa shape index (κ3) is 1.91. The van der Waals surface area contributed by atoms with Crippen LogP contribution in [-0.2, 0) is 0 Å². The number of anilines is 1. The summed E-state index contributed by atoms with van der Waals surface area (Å²) >= 11 is 0. The fraction of sp³-hybridized carbons (Fsp3) is 0.133. The van der Waals surface area contributed by atoms with Gasteiger partial charge in [-0.15, -0.1) is 0 Å². The van der Waals surface area contributed by atoms with Crippen molar-refractivity contribution >= 4 is 5.82 Å². The molecule has 0 unspecified atom stereocenters. The second-order valence-corrected chi connectivity index (χ2v) is 4.55. The number of para-hydroxylation sites is 1. The van der Waals surface area contributed by atoms with E-state index in [4.69, 9.17) is 10.2 Å². The summed E-state index contributed by atoms with van der Waals surface area (Å²) in [6.07, 6.45) is 1.71. The van der Waals surface area contributed by atoms with Gasteiger partial charge in [0.2, 0.25) is 0 Å². The number of nitrogen functional groups attached to an aromatic ring is 1. The molecule has 2 aromatic heterocycles. The van der Waals surface area contributed by atoms with E-state index in [1.165, 1.54) is 0 Å². The summed E-state index contributed by atoms with van der Waals surface area (Å²) < 4.78 is 7.10. The highest BCUT2D eigenvalue weighted by Crippen LogP contribution is 2.29. The Bertz CT molecular complexity index is 710. The van der Waals surface area contributed by atoms with Crippen LogP contribution in [0.15, 0.2) is 47.1 Å². The van der Waals surface area contributed by atoms with Crippen LogP contribution in [0.4, 0.5) is 5.82 Å². The molecular weight excluding hydrogens is 238 g/mol. The van der Waals surface area contributed by atoms with Crippen molar-refractivity contribution in [2.45, 2.75) is 13.8 Å². The van der Waals surface area contributed by atoms with Gasteiger partial charge in [0.1, 0.15) is 23.5 Å². The monoisotopic (exact) mass is 253 g/mol. The Kier molecular flexibility index (Phi) is 2.63. The first-order valence-corrected chi connectivity index (χ1v) is 6.13. The zero-order valence-electron chi connectivity index (χ0n) is 10.9. The quantitative estimate of drug-likeness (QED) is 0.762. The van der Waals surface area contributed by atoms with Gasteiger partial charge in [-0.25, -0.2) is 4.68 Å². The molecule has 4 nitrogen and oxygen atoms in total. The van der Waals surface area contributed by atoms with Crippen LogP contribution in [-0.4, -0.2) is 9.78 Å². The number of nitrogens with zero attached hydrogens (tertiary/aromatic N) is 2. The molecule has 3 rings (SSSR count). The lowest BCUT2D eigenvalue weighted by Gasteiger charge is -2.02. The number of rotatable bonds is 2. The maximum Gasteiger partial charge on any atom is 0.130 e. The van der Waals surface area contributed by atoms with Crippen LogP contribution in [0.25, 0.3) is 16.9 Å². The van der Waals surface area contributed by atoms with Crippen LogP contribution in [0.3, 0.4) is 0 Å². The van der Waals surface area contributed by atoms with Crippen molar-refractivity contribution in [3.8, 4) is 16.9 Å². The van der Waals surface area contributed by atoms with Gasteiger partial charge in [0.05, 0.1) is 5.69 Å². The van der Waals surface area contributed by atoms with Gasteiger partial charge in [0, 0.05) is 11.1 Å². The summed E-state index contributed by atoms with van der Waals surface area (Å²) in [4.78, 5) is 0. The Labute approximate surface area is 111 Å². The highest BCUT2D eigenvalue weighted by atomic mass is 16.3. The Morgan fingerprint density at radius 1 is 1.16 bits per heavy atom. The van der Waals surface area contributed by atoms with Crippen LogP contribution in [0, 0.1) is 13.8 Å². The van der Waals surface area contributed by atoms with E-state index in [-0.39, 0.29) is 0 Å². The molecule has 0 saturated carbocycles. The molecule has 2 N–H and O–H groups in total. The smallest absolute Gasteiger partial charge is 0.130 e. The standard InChI is InChI=1S/C15H15N3O/c1-10-8-12(9-19-10)14-11(2)15(16)18(17-14)13-6-4-3-5-7-13/h3-9H,16H2,1-2H3. The number of aryl methyl sites for hydroxylation is 1. The molecule has 3 aromatic rings. The zero-order valence-corrected chi connectivity index (χ0v) is 10.9. The first kappa shape index (κ1) is 11.6. The third-order valence-corrected chi connectivity index (χ3v) is 3.17. The highest BCUT2D eigenvalue weighted by molar-refractivity contribution is 5.68. The predicted molar refractivity (Wildman–Crippen MR) is 75.2 cm³/mol. The molecular formula is C15H15N3O. The fourth-order valence-corrected chi connectivity index (χ4v) is 2.12. The normalized spacial score (nSPS) is 10.8. The molecule has 96 valence electrons. The van der Waals surface area contributed by atoms with Gasteiger partial charge in [-0.2, -0.15) is 5.10 Å². The molecule has 0 fully saturated rings. The predicted octanol–water partition coefficient (Wildman–Crippen LogP) is 3.33. The minimum absolute atomic E-state index is 0.653. The molecule has 0 atom stereocenters. The number of furan rings is 1. The first-order chi connectivity index (χ1) is 9.16. The molecule has 0 bridgehead atoms. The van der Waals surface area contributed by atoms with Crippen molar-refractivity contribution in [1.29, 1.82) is 0 Å². The van der Waals surface area contributed by atoms with Crippen LogP contribution < -0.4 is 5.73 Å². The number of hydrogen-bond donors (Lipinski definition) is 1. The highest BCUT2D eigenvalue weighted by Gasteiger charge is 2.15. The minimum atomic E-state index is 0.653. The van der Waals surface area contributed by atoms with Crippen LogP contribution >= 0.6 is 0 Å². The van der Waals surface area contributed by atoms with Gasteiger partial charge in [0.15, 0.2) is 0 Å². The van der Waals surface area contributed by atoms with E-state index in [1.807, 2.05) is 50.2 Å². The fourth-order valence-electron chi connectivity index (χ4n) is 2.12. The topological polar surface area (TPSA) is 57.0 Å². The Hall–Kier alpha value is -2.49. The average Bonchev–Trinajstić information content (AvgIpc) is 2.97. The molecule has 0 aliphatic heterocycles. The minimum Gasteiger partial charge on any atom is -0.469 e. The zero-order chi connectivity index (χ0) is 13.4. The molecule has 0 amide bonds. The van der Waals surface area contributed by atoms with Crippen molar-refractivity contribution in [2.75, 3.05) is 5.73 Å². The van der Waals surface area contributed by atoms with Crippen molar-refractivity contribution < 1.29 is 4.42 Å². The largest absolute Gasteiger partial charge is 0.469 e. The summed E-state index contributed by atoms with van der Waals surface area (Å²) in [6.45, 7) is 3.88. The molecule has 0 saturated heterocycles.